The number of nitrogens with one attached hydrogen (secondary N) is 1. The van der Waals surface area contributed by atoms with Crippen molar-refractivity contribution >= 4 is 29.4 Å². The zero-order valence-electron chi connectivity index (χ0n) is 15.5. The molecule has 1 aliphatic rings. The van der Waals surface area contributed by atoms with Crippen LogP contribution in [-0.4, -0.2) is 36.6 Å². The number of benzene rings is 1. The first kappa shape index (κ1) is 20.5. The molecule has 0 spiro atoms. The van der Waals surface area contributed by atoms with Crippen LogP contribution in [0.4, 0.5) is 0 Å². The Kier molecular flexibility index (Phi) is 8.16. The van der Waals surface area contributed by atoms with E-state index in [0.717, 1.165) is 24.2 Å². The van der Waals surface area contributed by atoms with E-state index in [1.165, 1.54) is 6.42 Å². The van der Waals surface area contributed by atoms with Crippen molar-refractivity contribution in [3.8, 4) is 0 Å². The Bertz CT molecular complexity index is 629. The topological polar surface area (TPSA) is 72.5 Å². The van der Waals surface area contributed by atoms with Gasteiger partial charge in [-0.1, -0.05) is 31.9 Å². The number of thioether (sulfide) groups is 1. The first-order valence-corrected chi connectivity index (χ1v) is 10.3. The van der Waals surface area contributed by atoms with Crippen LogP contribution in [0.5, 0.6) is 0 Å². The van der Waals surface area contributed by atoms with Crippen molar-refractivity contribution in [2.45, 2.75) is 56.4 Å². The number of esters is 1. The minimum atomic E-state index is -0.522. The molecule has 26 heavy (non-hydrogen) atoms. The predicted molar refractivity (Wildman–Crippen MR) is 102 cm³/mol. The number of hydrogen-bond donors (Lipinski definition) is 1. The van der Waals surface area contributed by atoms with Crippen molar-refractivity contribution in [2.24, 2.45) is 5.92 Å². The first-order chi connectivity index (χ1) is 12.5. The van der Waals surface area contributed by atoms with Gasteiger partial charge >= 0.3 is 5.97 Å². The van der Waals surface area contributed by atoms with E-state index in [1.807, 2.05) is 18.4 Å². The smallest absolute Gasteiger partial charge is 0.306 e. The second-order valence-electron chi connectivity index (χ2n) is 6.75. The van der Waals surface area contributed by atoms with Crippen molar-refractivity contribution in [2.75, 3.05) is 12.9 Å². The van der Waals surface area contributed by atoms with Gasteiger partial charge in [0.15, 0.2) is 12.4 Å². The van der Waals surface area contributed by atoms with Gasteiger partial charge in [-0.2, -0.15) is 0 Å². The quantitative estimate of drug-likeness (QED) is 0.426. The number of amides is 1. The van der Waals surface area contributed by atoms with Crippen LogP contribution in [-0.2, 0) is 14.3 Å². The molecule has 6 heteroatoms. The number of carbonyl (C=O) groups is 3. The van der Waals surface area contributed by atoms with E-state index in [2.05, 4.69) is 12.2 Å². The van der Waals surface area contributed by atoms with Crippen LogP contribution in [0.3, 0.4) is 0 Å². The predicted octanol–water partition coefficient (Wildman–Crippen LogP) is 3.61. The highest BCUT2D eigenvalue weighted by Crippen LogP contribution is 2.23. The molecular weight excluding hydrogens is 350 g/mol. The molecular formula is C20H27NO4S. The van der Waals surface area contributed by atoms with Gasteiger partial charge in [0.25, 0.3) is 5.91 Å². The van der Waals surface area contributed by atoms with E-state index in [9.17, 15) is 14.4 Å². The van der Waals surface area contributed by atoms with Gasteiger partial charge in [-0.25, -0.2) is 0 Å². The SMILES string of the molecule is CSc1ccc(C(=O)CCC(=O)OCC(=O)N[C@@H]2CCCC[C@@H]2C)cc1. The molecule has 0 unspecified atom stereocenters. The van der Waals surface area contributed by atoms with Crippen LogP contribution in [0, 0.1) is 5.92 Å². The lowest BCUT2D eigenvalue weighted by atomic mass is 9.86. The highest BCUT2D eigenvalue weighted by atomic mass is 32.2. The van der Waals surface area contributed by atoms with E-state index < -0.39 is 5.97 Å². The summed E-state index contributed by atoms with van der Waals surface area (Å²) in [7, 11) is 0. The highest BCUT2D eigenvalue weighted by Gasteiger charge is 2.23. The van der Waals surface area contributed by atoms with Crippen LogP contribution < -0.4 is 5.32 Å². The fraction of sp³-hybridized carbons (Fsp3) is 0.550. The Balaban J connectivity index is 1.67. The summed E-state index contributed by atoms with van der Waals surface area (Å²) >= 11 is 1.61. The molecule has 0 aromatic heterocycles. The molecule has 1 aromatic rings. The Morgan fingerprint density at radius 3 is 2.46 bits per heavy atom. The number of rotatable bonds is 8. The summed E-state index contributed by atoms with van der Waals surface area (Å²) in [4.78, 5) is 36.9. The molecule has 1 amide bonds. The molecule has 1 aromatic carbocycles. The third kappa shape index (κ3) is 6.48. The van der Waals surface area contributed by atoms with Crippen molar-refractivity contribution in [3.63, 3.8) is 0 Å². The van der Waals surface area contributed by atoms with Crippen LogP contribution in [0.15, 0.2) is 29.2 Å². The third-order valence-electron chi connectivity index (χ3n) is 4.79. The van der Waals surface area contributed by atoms with Gasteiger partial charge in [0, 0.05) is 22.9 Å². The summed E-state index contributed by atoms with van der Waals surface area (Å²) in [5.74, 6) is -0.435. The standard InChI is InChI=1S/C20H27NO4S/c1-14-5-3-4-6-17(14)21-19(23)13-25-20(24)12-11-18(22)15-7-9-16(26-2)10-8-15/h7-10,14,17H,3-6,11-13H2,1-2H3,(H,21,23)/t14-,17+/m0/s1. The van der Waals surface area contributed by atoms with E-state index in [4.69, 9.17) is 4.74 Å². The van der Waals surface area contributed by atoms with Crippen LogP contribution in [0.1, 0.15) is 55.8 Å². The van der Waals surface area contributed by atoms with Crippen molar-refractivity contribution < 1.29 is 19.1 Å². The van der Waals surface area contributed by atoms with Gasteiger partial charge in [0.2, 0.25) is 0 Å². The Labute approximate surface area is 159 Å². The van der Waals surface area contributed by atoms with E-state index in [-0.39, 0.29) is 37.2 Å². The van der Waals surface area contributed by atoms with Crippen LogP contribution in [0.2, 0.25) is 0 Å². The summed E-state index contributed by atoms with van der Waals surface area (Å²) in [5, 5.41) is 2.94. The summed E-state index contributed by atoms with van der Waals surface area (Å²) in [5.41, 5.74) is 0.583. The molecule has 5 nitrogen and oxygen atoms in total. The molecule has 142 valence electrons. The molecule has 2 atom stereocenters. The maximum atomic E-state index is 12.1. The minimum absolute atomic E-state index is 0.0176. The van der Waals surface area contributed by atoms with E-state index >= 15 is 0 Å². The van der Waals surface area contributed by atoms with Crippen LogP contribution in [0.25, 0.3) is 0 Å². The van der Waals surface area contributed by atoms with E-state index in [0.29, 0.717) is 11.5 Å². The molecule has 0 radical (unpaired) electrons. The van der Waals surface area contributed by atoms with E-state index in [1.54, 1.807) is 23.9 Å². The Hall–Kier alpha value is -1.82. The summed E-state index contributed by atoms with van der Waals surface area (Å²) in [6, 6.07) is 7.46. The summed E-state index contributed by atoms with van der Waals surface area (Å²) < 4.78 is 5.00. The first-order valence-electron chi connectivity index (χ1n) is 9.12. The molecule has 1 N–H and O–H groups in total. The molecule has 1 saturated carbocycles. The average molecular weight is 378 g/mol. The van der Waals surface area contributed by atoms with Crippen LogP contribution >= 0.6 is 11.8 Å². The van der Waals surface area contributed by atoms with Gasteiger partial charge in [0.05, 0.1) is 6.42 Å². The minimum Gasteiger partial charge on any atom is -0.456 e. The lowest BCUT2D eigenvalue weighted by molar-refractivity contribution is -0.148. The number of Topliss-reactive ketones (excluding diaryl/α,β-unsaturated/α-hetero) is 1. The maximum absolute atomic E-state index is 12.1. The van der Waals surface area contributed by atoms with Crippen molar-refractivity contribution in [1.82, 2.24) is 5.32 Å². The average Bonchev–Trinajstić information content (AvgIpc) is 2.66. The molecule has 0 saturated heterocycles. The molecule has 0 aliphatic heterocycles. The lowest BCUT2D eigenvalue weighted by Crippen LogP contribution is -2.42. The van der Waals surface area contributed by atoms with Gasteiger partial charge in [-0.05, 0) is 37.1 Å². The second kappa shape index (κ2) is 10.4. The van der Waals surface area contributed by atoms with Gasteiger partial charge < -0.3 is 10.1 Å². The molecule has 1 fully saturated rings. The maximum Gasteiger partial charge on any atom is 0.306 e. The summed E-state index contributed by atoms with van der Waals surface area (Å²) in [6.45, 7) is 1.85. The number of ketones is 1. The largest absolute Gasteiger partial charge is 0.456 e. The zero-order chi connectivity index (χ0) is 18.9. The fourth-order valence-electron chi connectivity index (χ4n) is 3.13. The Morgan fingerprint density at radius 1 is 1.12 bits per heavy atom. The fourth-order valence-corrected chi connectivity index (χ4v) is 3.54. The normalized spacial score (nSPS) is 19.6. The third-order valence-corrected chi connectivity index (χ3v) is 5.53. The number of ether oxygens (including phenoxy) is 1. The molecule has 0 heterocycles. The van der Waals surface area contributed by atoms with Crippen molar-refractivity contribution in [1.29, 1.82) is 0 Å². The lowest BCUT2D eigenvalue weighted by Gasteiger charge is -2.29. The van der Waals surface area contributed by atoms with Gasteiger partial charge in [0.1, 0.15) is 0 Å². The molecule has 0 bridgehead atoms. The number of hydrogen-bond acceptors (Lipinski definition) is 5. The molecule has 1 aliphatic carbocycles. The highest BCUT2D eigenvalue weighted by molar-refractivity contribution is 7.98. The summed E-state index contributed by atoms with van der Waals surface area (Å²) in [6.07, 6.45) is 6.45. The van der Waals surface area contributed by atoms with Crippen molar-refractivity contribution in [3.05, 3.63) is 29.8 Å². The monoisotopic (exact) mass is 377 g/mol. The number of carbonyl (C=O) groups excluding carboxylic acids is 3. The molecule has 2 rings (SSSR count). The van der Waals surface area contributed by atoms with Gasteiger partial charge in [-0.15, -0.1) is 11.8 Å². The Morgan fingerprint density at radius 2 is 1.81 bits per heavy atom. The second-order valence-corrected chi connectivity index (χ2v) is 7.63. The van der Waals surface area contributed by atoms with Gasteiger partial charge in [-0.3, -0.25) is 14.4 Å². The zero-order valence-corrected chi connectivity index (χ0v) is 16.3.